The van der Waals surface area contributed by atoms with Gasteiger partial charge in [-0.05, 0) is 37.7 Å². The fourth-order valence-electron chi connectivity index (χ4n) is 3.65. The van der Waals surface area contributed by atoms with Crippen LogP contribution in [-0.2, 0) is 0 Å². The van der Waals surface area contributed by atoms with Crippen molar-refractivity contribution in [2.24, 2.45) is 5.41 Å². The van der Waals surface area contributed by atoms with E-state index in [1.807, 2.05) is 6.92 Å². The van der Waals surface area contributed by atoms with E-state index in [0.29, 0.717) is 6.42 Å². The maximum Gasteiger partial charge on any atom is 0.107 e. The average Bonchev–Trinajstić information content (AvgIpc) is 2.41. The molecule has 1 heterocycles. The molecule has 2 aliphatic rings. The molecule has 1 fully saturated rings. The van der Waals surface area contributed by atoms with E-state index in [1.165, 1.54) is 0 Å². The van der Waals surface area contributed by atoms with Crippen LogP contribution >= 0.6 is 11.6 Å². The number of halogens is 1. The number of aliphatic hydroxyl groups is 2. The van der Waals surface area contributed by atoms with Crippen LogP contribution in [0.25, 0.3) is 0 Å². The van der Waals surface area contributed by atoms with Crippen molar-refractivity contribution in [3.8, 4) is 0 Å². The number of aliphatic hydroxyl groups excluding tert-OH is 1. The highest BCUT2D eigenvalue weighted by Gasteiger charge is 2.50. The predicted molar refractivity (Wildman–Crippen MR) is 82.8 cm³/mol. The Bertz CT molecular complexity index is 383. The first kappa shape index (κ1) is 16.3. The van der Waals surface area contributed by atoms with Crippen LogP contribution in [0.4, 0.5) is 0 Å². The first-order chi connectivity index (χ1) is 9.30. The van der Waals surface area contributed by atoms with Gasteiger partial charge in [-0.15, -0.1) is 11.6 Å². The molecule has 20 heavy (non-hydrogen) atoms. The van der Waals surface area contributed by atoms with Crippen LogP contribution in [0.1, 0.15) is 52.9 Å². The first-order valence-electron chi connectivity index (χ1n) is 7.78. The Hall–Kier alpha value is -0.0900. The fourth-order valence-corrected chi connectivity index (χ4v) is 3.85. The van der Waals surface area contributed by atoms with Crippen molar-refractivity contribution in [1.29, 1.82) is 0 Å². The molecule has 4 heteroatoms. The van der Waals surface area contributed by atoms with Gasteiger partial charge in [0.25, 0.3) is 0 Å². The van der Waals surface area contributed by atoms with Crippen LogP contribution in [0.15, 0.2) is 11.6 Å². The normalized spacial score (nSPS) is 36.5. The summed E-state index contributed by atoms with van der Waals surface area (Å²) in [6, 6.07) is 0. The topological polar surface area (TPSA) is 43.7 Å². The Labute approximate surface area is 127 Å². The minimum atomic E-state index is -0.756. The van der Waals surface area contributed by atoms with Gasteiger partial charge in [0.1, 0.15) is 6.23 Å². The lowest BCUT2D eigenvalue weighted by atomic mass is 9.64. The zero-order valence-corrected chi connectivity index (χ0v) is 13.7. The van der Waals surface area contributed by atoms with Gasteiger partial charge in [-0.1, -0.05) is 26.8 Å². The van der Waals surface area contributed by atoms with Gasteiger partial charge in [-0.3, -0.25) is 4.90 Å². The smallest absolute Gasteiger partial charge is 0.107 e. The molecular weight excluding hydrogens is 274 g/mol. The summed E-state index contributed by atoms with van der Waals surface area (Å²) in [6.07, 6.45) is 5.87. The second-order valence-electron chi connectivity index (χ2n) is 6.95. The van der Waals surface area contributed by atoms with Gasteiger partial charge in [-0.25, -0.2) is 0 Å². The molecule has 116 valence electrons. The van der Waals surface area contributed by atoms with Crippen molar-refractivity contribution in [3.63, 3.8) is 0 Å². The maximum absolute atomic E-state index is 11.3. The van der Waals surface area contributed by atoms with Crippen LogP contribution in [0.5, 0.6) is 0 Å². The molecule has 1 unspecified atom stereocenters. The van der Waals surface area contributed by atoms with Crippen molar-refractivity contribution >= 4 is 11.6 Å². The summed E-state index contributed by atoms with van der Waals surface area (Å²) in [4.78, 5) is 2.09. The Morgan fingerprint density at radius 3 is 2.70 bits per heavy atom. The molecule has 0 amide bonds. The quantitative estimate of drug-likeness (QED) is 0.622. The molecule has 2 rings (SSSR count). The van der Waals surface area contributed by atoms with Crippen molar-refractivity contribution in [1.82, 2.24) is 4.90 Å². The first-order valence-corrected chi connectivity index (χ1v) is 8.22. The van der Waals surface area contributed by atoms with Gasteiger partial charge < -0.3 is 10.2 Å². The van der Waals surface area contributed by atoms with E-state index in [-0.39, 0.29) is 10.8 Å². The highest BCUT2D eigenvalue weighted by Crippen LogP contribution is 2.46. The van der Waals surface area contributed by atoms with E-state index >= 15 is 0 Å². The van der Waals surface area contributed by atoms with Gasteiger partial charge in [0, 0.05) is 23.9 Å². The molecule has 2 N–H and O–H groups in total. The van der Waals surface area contributed by atoms with Crippen LogP contribution in [-0.4, -0.2) is 45.4 Å². The Morgan fingerprint density at radius 2 is 2.20 bits per heavy atom. The van der Waals surface area contributed by atoms with Crippen molar-refractivity contribution in [2.45, 2.75) is 70.1 Å². The van der Waals surface area contributed by atoms with Gasteiger partial charge in [0.2, 0.25) is 0 Å². The van der Waals surface area contributed by atoms with E-state index in [1.54, 1.807) is 0 Å². The van der Waals surface area contributed by atoms with Crippen molar-refractivity contribution < 1.29 is 10.2 Å². The molecule has 3 nitrogen and oxygen atoms in total. The third-order valence-electron chi connectivity index (χ3n) is 5.14. The molecule has 0 spiro atoms. The number of nitrogens with zero attached hydrogens (tertiary/aromatic N) is 1. The lowest BCUT2D eigenvalue weighted by molar-refractivity contribution is -0.131. The second kappa shape index (κ2) is 5.96. The largest absolute Gasteiger partial charge is 0.385 e. The molecule has 1 aliphatic carbocycles. The Morgan fingerprint density at radius 1 is 1.50 bits per heavy atom. The minimum Gasteiger partial charge on any atom is -0.385 e. The Balaban J connectivity index is 2.17. The van der Waals surface area contributed by atoms with Gasteiger partial charge in [0.05, 0.1) is 5.60 Å². The van der Waals surface area contributed by atoms with Crippen LogP contribution in [0.2, 0.25) is 0 Å². The van der Waals surface area contributed by atoms with E-state index in [2.05, 4.69) is 24.8 Å². The molecule has 0 saturated carbocycles. The van der Waals surface area contributed by atoms with E-state index in [9.17, 15) is 10.2 Å². The molecule has 0 aromatic heterocycles. The standard InChI is InChI=1S/C16H28ClNO2/c1-4-14(19)18-10-9-16(20,15(2,3)11-18)12-5-7-13(17)8-6-12/h5,13-14,19-20H,4,6-11H2,1-3H3/t13-,14-,16?/m1/s1. The van der Waals surface area contributed by atoms with Gasteiger partial charge >= 0.3 is 0 Å². The summed E-state index contributed by atoms with van der Waals surface area (Å²) >= 11 is 6.15. The molecule has 0 aromatic carbocycles. The molecule has 3 atom stereocenters. The summed E-state index contributed by atoms with van der Waals surface area (Å²) in [6.45, 7) is 7.67. The number of piperidine rings is 1. The van der Waals surface area contributed by atoms with Gasteiger partial charge in [-0.2, -0.15) is 0 Å². The van der Waals surface area contributed by atoms with Crippen LogP contribution in [0, 0.1) is 5.41 Å². The third-order valence-corrected chi connectivity index (χ3v) is 5.54. The maximum atomic E-state index is 11.3. The molecule has 0 bridgehead atoms. The summed E-state index contributed by atoms with van der Waals surface area (Å²) in [5.74, 6) is 0. The number of allylic oxidation sites excluding steroid dienone is 1. The number of rotatable bonds is 3. The van der Waals surface area contributed by atoms with Crippen molar-refractivity contribution in [2.75, 3.05) is 13.1 Å². The van der Waals surface area contributed by atoms with Crippen molar-refractivity contribution in [3.05, 3.63) is 11.6 Å². The number of alkyl halides is 1. The van der Waals surface area contributed by atoms with Crippen LogP contribution < -0.4 is 0 Å². The summed E-state index contributed by atoms with van der Waals surface area (Å²) in [5, 5.41) is 21.5. The SMILES string of the molecule is CC[C@@H](O)N1CCC(O)(C2=CC[C@@H](Cl)CC2)C(C)(C)C1. The minimum absolute atomic E-state index is 0.215. The summed E-state index contributed by atoms with van der Waals surface area (Å²) in [7, 11) is 0. The average molecular weight is 302 g/mol. The summed E-state index contributed by atoms with van der Waals surface area (Å²) < 4.78 is 0. The highest BCUT2D eigenvalue weighted by atomic mass is 35.5. The summed E-state index contributed by atoms with van der Waals surface area (Å²) in [5.41, 5.74) is 0.144. The Kier molecular flexibility index (Phi) is 4.85. The molecule has 1 saturated heterocycles. The monoisotopic (exact) mass is 301 g/mol. The third kappa shape index (κ3) is 2.92. The zero-order valence-electron chi connectivity index (χ0n) is 12.9. The molecule has 1 aliphatic heterocycles. The zero-order chi connectivity index (χ0) is 15.0. The lowest BCUT2D eigenvalue weighted by Crippen LogP contribution is -2.60. The van der Waals surface area contributed by atoms with Gasteiger partial charge in [0.15, 0.2) is 0 Å². The molecule has 0 radical (unpaired) electrons. The number of hydrogen-bond acceptors (Lipinski definition) is 3. The number of likely N-dealkylation sites (tertiary alicyclic amines) is 1. The van der Waals surface area contributed by atoms with Crippen LogP contribution in [0.3, 0.4) is 0 Å². The lowest BCUT2D eigenvalue weighted by Gasteiger charge is -2.53. The highest BCUT2D eigenvalue weighted by molar-refractivity contribution is 6.20. The second-order valence-corrected chi connectivity index (χ2v) is 7.57. The van der Waals surface area contributed by atoms with E-state index in [4.69, 9.17) is 11.6 Å². The van der Waals surface area contributed by atoms with E-state index in [0.717, 1.165) is 44.3 Å². The molecular formula is C16H28ClNO2. The predicted octanol–water partition coefficient (Wildman–Crippen LogP) is 2.90. The molecule has 0 aromatic rings. The van der Waals surface area contributed by atoms with E-state index < -0.39 is 11.8 Å². The number of hydrogen-bond donors (Lipinski definition) is 2. The fraction of sp³-hybridized carbons (Fsp3) is 0.875.